The smallest absolute Gasteiger partial charge is 0.0547 e. The monoisotopic (exact) mass is 344 g/mol. The number of anilines is 1. The fraction of sp³-hybridized carbons (Fsp3) is 0.417. The molecule has 0 unspecified atom stereocenters. The molecule has 134 valence electrons. The van der Waals surface area contributed by atoms with E-state index in [0.717, 1.165) is 13.1 Å². The van der Waals surface area contributed by atoms with Crippen LogP contribution in [0.3, 0.4) is 0 Å². The first-order valence-corrected chi connectivity index (χ1v) is 10.3. The van der Waals surface area contributed by atoms with E-state index in [0.29, 0.717) is 5.92 Å². The van der Waals surface area contributed by atoms with Crippen LogP contribution in [0.2, 0.25) is 0 Å². The van der Waals surface area contributed by atoms with E-state index >= 15 is 0 Å². The lowest BCUT2D eigenvalue weighted by Gasteiger charge is -2.29. The summed E-state index contributed by atoms with van der Waals surface area (Å²) in [5.41, 5.74) is 7.37. The average molecular weight is 345 g/mol. The topological polar surface area (TPSA) is 8.17 Å². The predicted octanol–water partition coefficient (Wildman–Crippen LogP) is 6.20. The van der Waals surface area contributed by atoms with Crippen molar-refractivity contribution in [1.29, 1.82) is 0 Å². The highest BCUT2D eigenvalue weighted by molar-refractivity contribution is 5.95. The Kier molecular flexibility index (Phi) is 4.00. The van der Waals surface area contributed by atoms with Gasteiger partial charge in [0.2, 0.25) is 0 Å². The van der Waals surface area contributed by atoms with E-state index in [2.05, 4.69) is 65.0 Å². The number of benzene rings is 2. The number of para-hydroxylation sites is 2. The number of aromatic nitrogens is 1. The van der Waals surface area contributed by atoms with Crippen LogP contribution >= 0.6 is 0 Å². The molecule has 5 rings (SSSR count). The largest absolute Gasteiger partial charge is 0.374 e. The van der Waals surface area contributed by atoms with Crippen LogP contribution < -0.4 is 4.90 Å². The average Bonchev–Trinajstić information content (AvgIpc) is 3.01. The van der Waals surface area contributed by atoms with Crippen LogP contribution in [0.5, 0.6) is 0 Å². The Labute approximate surface area is 156 Å². The molecule has 1 fully saturated rings. The predicted molar refractivity (Wildman–Crippen MR) is 111 cm³/mol. The van der Waals surface area contributed by atoms with Crippen molar-refractivity contribution in [1.82, 2.24) is 4.57 Å². The van der Waals surface area contributed by atoms with Crippen LogP contribution in [0.15, 0.2) is 48.5 Å². The molecule has 2 aromatic carbocycles. The second kappa shape index (κ2) is 6.50. The van der Waals surface area contributed by atoms with Crippen LogP contribution in [-0.2, 0) is 6.54 Å². The summed E-state index contributed by atoms with van der Waals surface area (Å²) >= 11 is 0. The summed E-state index contributed by atoms with van der Waals surface area (Å²) in [6.45, 7) is 2.23. The molecule has 2 heteroatoms. The lowest BCUT2D eigenvalue weighted by atomic mass is 9.81. The third-order valence-electron chi connectivity index (χ3n) is 6.47. The van der Waals surface area contributed by atoms with E-state index in [4.69, 9.17) is 0 Å². The van der Waals surface area contributed by atoms with Crippen LogP contribution in [0, 0.1) is 0 Å². The van der Waals surface area contributed by atoms with Crippen molar-refractivity contribution in [2.75, 3.05) is 18.5 Å². The molecule has 1 aromatic heterocycles. The van der Waals surface area contributed by atoms with Gasteiger partial charge in [-0.1, -0.05) is 55.7 Å². The van der Waals surface area contributed by atoms with Gasteiger partial charge in [0.15, 0.2) is 0 Å². The molecule has 3 aromatic rings. The maximum atomic E-state index is 2.63. The molecule has 2 heterocycles. The fourth-order valence-corrected chi connectivity index (χ4v) is 5.25. The fourth-order valence-electron chi connectivity index (χ4n) is 5.25. The normalized spacial score (nSPS) is 18.3. The van der Waals surface area contributed by atoms with Gasteiger partial charge in [-0.05, 0) is 42.9 Å². The highest BCUT2D eigenvalue weighted by Gasteiger charge is 2.28. The van der Waals surface area contributed by atoms with E-state index in [9.17, 15) is 0 Å². The first kappa shape index (κ1) is 16.0. The van der Waals surface area contributed by atoms with Gasteiger partial charge < -0.3 is 9.47 Å². The lowest BCUT2D eigenvalue weighted by Crippen LogP contribution is -2.23. The minimum Gasteiger partial charge on any atom is -0.374 e. The van der Waals surface area contributed by atoms with Gasteiger partial charge in [0.1, 0.15) is 0 Å². The first-order chi connectivity index (χ1) is 12.8. The molecule has 2 aliphatic rings. The first-order valence-electron chi connectivity index (χ1n) is 10.3. The van der Waals surface area contributed by atoms with Crippen LogP contribution in [0.25, 0.3) is 22.2 Å². The molecule has 0 amide bonds. The Morgan fingerprint density at radius 3 is 2.46 bits per heavy atom. The summed E-state index contributed by atoms with van der Waals surface area (Å²) in [6, 6.07) is 18.2. The second-order valence-electron chi connectivity index (χ2n) is 8.06. The van der Waals surface area contributed by atoms with Gasteiger partial charge >= 0.3 is 0 Å². The zero-order valence-electron chi connectivity index (χ0n) is 15.7. The summed E-state index contributed by atoms with van der Waals surface area (Å²) in [6.07, 6.45) is 8.05. The highest BCUT2D eigenvalue weighted by Crippen LogP contribution is 2.46. The molecule has 0 radical (unpaired) electrons. The minimum atomic E-state index is 0.711. The standard InChI is InChI=1S/C24H28N2/c1-25-16-9-17-26-22-15-8-5-12-19(22)23(18-10-3-2-4-11-18)24(26)20-13-6-7-14-21(20)25/h5-8,12-15,18H,2-4,9-11,16-17H2,1H3. The number of rotatable bonds is 1. The van der Waals surface area contributed by atoms with Gasteiger partial charge in [0, 0.05) is 42.3 Å². The molecule has 0 spiro atoms. The van der Waals surface area contributed by atoms with E-state index in [-0.39, 0.29) is 0 Å². The van der Waals surface area contributed by atoms with Crippen LogP contribution in [0.1, 0.15) is 50.0 Å². The maximum absolute atomic E-state index is 2.63. The van der Waals surface area contributed by atoms with Crippen LogP contribution in [-0.4, -0.2) is 18.2 Å². The minimum absolute atomic E-state index is 0.711. The lowest BCUT2D eigenvalue weighted by molar-refractivity contribution is 0.445. The quantitative estimate of drug-likeness (QED) is 0.510. The summed E-state index contributed by atoms with van der Waals surface area (Å²) < 4.78 is 2.63. The van der Waals surface area contributed by atoms with Crippen LogP contribution in [0.4, 0.5) is 5.69 Å². The van der Waals surface area contributed by atoms with Gasteiger partial charge in [0.05, 0.1) is 5.69 Å². The van der Waals surface area contributed by atoms with Crippen molar-refractivity contribution in [3.8, 4) is 11.3 Å². The molecule has 1 saturated carbocycles. The Balaban J connectivity index is 1.84. The number of hydrogen-bond acceptors (Lipinski definition) is 1. The Hall–Kier alpha value is -2.22. The zero-order chi connectivity index (χ0) is 17.5. The Bertz CT molecular complexity index is 931. The van der Waals surface area contributed by atoms with Gasteiger partial charge in [-0.2, -0.15) is 0 Å². The number of fused-ring (bicyclic) bond motifs is 5. The molecule has 0 atom stereocenters. The van der Waals surface area contributed by atoms with E-state index < -0.39 is 0 Å². The molecule has 2 nitrogen and oxygen atoms in total. The molecule has 0 N–H and O–H groups in total. The number of aryl methyl sites for hydroxylation is 1. The molecular formula is C24H28N2. The van der Waals surface area contributed by atoms with Crippen molar-refractivity contribution in [3.05, 3.63) is 54.1 Å². The van der Waals surface area contributed by atoms with Gasteiger partial charge in [-0.3, -0.25) is 0 Å². The third kappa shape index (κ3) is 2.46. The zero-order valence-corrected chi connectivity index (χ0v) is 15.7. The molecule has 0 bridgehead atoms. The van der Waals surface area contributed by atoms with Crippen molar-refractivity contribution in [2.45, 2.75) is 51.0 Å². The number of hydrogen-bond donors (Lipinski definition) is 0. The molecular weight excluding hydrogens is 316 g/mol. The highest BCUT2D eigenvalue weighted by atomic mass is 15.1. The molecule has 0 saturated heterocycles. The van der Waals surface area contributed by atoms with E-state index in [1.54, 1.807) is 5.56 Å². The molecule has 1 aliphatic carbocycles. The molecule has 26 heavy (non-hydrogen) atoms. The summed E-state index contributed by atoms with van der Waals surface area (Å²) in [5, 5.41) is 1.49. The molecule has 1 aliphatic heterocycles. The summed E-state index contributed by atoms with van der Waals surface area (Å²) in [7, 11) is 2.25. The van der Waals surface area contributed by atoms with E-state index in [1.807, 2.05) is 0 Å². The van der Waals surface area contributed by atoms with Crippen molar-refractivity contribution in [3.63, 3.8) is 0 Å². The van der Waals surface area contributed by atoms with Gasteiger partial charge in [-0.15, -0.1) is 0 Å². The number of nitrogens with zero attached hydrogens (tertiary/aromatic N) is 2. The third-order valence-corrected chi connectivity index (χ3v) is 6.47. The Morgan fingerprint density at radius 2 is 1.58 bits per heavy atom. The second-order valence-corrected chi connectivity index (χ2v) is 8.06. The maximum Gasteiger partial charge on any atom is 0.0547 e. The summed E-state index contributed by atoms with van der Waals surface area (Å²) in [5.74, 6) is 0.711. The summed E-state index contributed by atoms with van der Waals surface area (Å²) in [4.78, 5) is 2.45. The van der Waals surface area contributed by atoms with Crippen molar-refractivity contribution >= 4 is 16.6 Å². The van der Waals surface area contributed by atoms with Gasteiger partial charge in [-0.25, -0.2) is 0 Å². The van der Waals surface area contributed by atoms with Crippen molar-refractivity contribution in [2.24, 2.45) is 0 Å². The van der Waals surface area contributed by atoms with E-state index in [1.165, 1.54) is 66.4 Å². The van der Waals surface area contributed by atoms with Gasteiger partial charge in [0.25, 0.3) is 0 Å². The SMILES string of the molecule is CN1CCCn2c(c(C3CCCCC3)c3ccccc32)-c2ccccc21. The Morgan fingerprint density at radius 1 is 0.808 bits per heavy atom. The van der Waals surface area contributed by atoms with Crippen molar-refractivity contribution < 1.29 is 0 Å².